The summed E-state index contributed by atoms with van der Waals surface area (Å²) in [4.78, 5) is 2.28. The first-order valence-electron chi connectivity index (χ1n) is 4.82. The average molecular weight is 186 g/mol. The van der Waals surface area contributed by atoms with Crippen LogP contribution in [0, 0.1) is 12.3 Å². The number of hydrogen-bond donors (Lipinski definition) is 1. The first kappa shape index (κ1) is 8.96. The van der Waals surface area contributed by atoms with E-state index in [9.17, 15) is 0 Å². The van der Waals surface area contributed by atoms with E-state index in [0.717, 1.165) is 18.7 Å². The van der Waals surface area contributed by atoms with Gasteiger partial charge in [-0.15, -0.1) is 6.42 Å². The number of rotatable bonds is 2. The summed E-state index contributed by atoms with van der Waals surface area (Å²) in [5.74, 6) is 2.57. The van der Waals surface area contributed by atoms with Crippen LogP contribution < -0.4 is 10.2 Å². The van der Waals surface area contributed by atoms with E-state index in [-0.39, 0.29) is 0 Å². The maximum Gasteiger partial charge on any atom is 0.0763 e. The molecular weight excluding hydrogens is 172 g/mol. The second kappa shape index (κ2) is 3.63. The second-order valence-corrected chi connectivity index (χ2v) is 3.57. The summed E-state index contributed by atoms with van der Waals surface area (Å²) < 4.78 is 0. The fraction of sp³-hybridized carbons (Fsp3) is 0.333. The summed E-state index contributed by atoms with van der Waals surface area (Å²) in [6.45, 7) is 1.71. The number of terminal acetylenes is 1. The Hall–Kier alpha value is -1.62. The highest BCUT2D eigenvalue weighted by Gasteiger charge is 2.14. The van der Waals surface area contributed by atoms with Crippen LogP contribution in [-0.4, -0.2) is 20.1 Å². The van der Waals surface area contributed by atoms with Crippen molar-refractivity contribution < 1.29 is 0 Å². The van der Waals surface area contributed by atoms with E-state index in [1.807, 2.05) is 0 Å². The van der Waals surface area contributed by atoms with Gasteiger partial charge in [-0.1, -0.05) is 5.92 Å². The summed E-state index contributed by atoms with van der Waals surface area (Å²) in [7, 11) is 2.13. The first-order valence-corrected chi connectivity index (χ1v) is 4.82. The van der Waals surface area contributed by atoms with E-state index < -0.39 is 0 Å². The molecule has 2 rings (SSSR count). The molecule has 2 heteroatoms. The third-order valence-corrected chi connectivity index (χ3v) is 2.60. The summed E-state index contributed by atoms with van der Waals surface area (Å²) in [5, 5.41) is 3.18. The van der Waals surface area contributed by atoms with Crippen molar-refractivity contribution in [2.45, 2.75) is 6.42 Å². The Balaban J connectivity index is 2.20. The molecule has 1 N–H and O–H groups in total. The summed E-state index contributed by atoms with van der Waals surface area (Å²) in [5.41, 5.74) is 3.88. The fourth-order valence-electron chi connectivity index (χ4n) is 1.83. The maximum atomic E-state index is 5.19. The lowest BCUT2D eigenvalue weighted by molar-refractivity contribution is 0.956. The van der Waals surface area contributed by atoms with Gasteiger partial charge in [0.15, 0.2) is 0 Å². The molecule has 0 saturated carbocycles. The minimum Gasteiger partial charge on any atom is -0.374 e. The van der Waals surface area contributed by atoms with Crippen LogP contribution in [0.5, 0.6) is 0 Å². The van der Waals surface area contributed by atoms with Crippen molar-refractivity contribution in [1.29, 1.82) is 0 Å². The molecular formula is C12H14N2. The van der Waals surface area contributed by atoms with Crippen molar-refractivity contribution in [1.82, 2.24) is 0 Å². The third kappa shape index (κ3) is 1.54. The molecule has 0 aliphatic carbocycles. The van der Waals surface area contributed by atoms with Crippen molar-refractivity contribution in [3.8, 4) is 12.3 Å². The molecule has 1 heterocycles. The molecule has 1 aliphatic heterocycles. The van der Waals surface area contributed by atoms with E-state index in [4.69, 9.17) is 6.42 Å². The molecule has 0 radical (unpaired) electrons. The predicted octanol–water partition coefficient (Wildman–Crippen LogP) is 1.72. The SMILES string of the molecule is C#CCNc1ccc2c(c1)CCN2C. The number of anilines is 2. The Morgan fingerprint density at radius 3 is 3.21 bits per heavy atom. The monoisotopic (exact) mass is 186 g/mol. The van der Waals surface area contributed by atoms with Gasteiger partial charge in [0.1, 0.15) is 0 Å². The van der Waals surface area contributed by atoms with Gasteiger partial charge in [-0.25, -0.2) is 0 Å². The van der Waals surface area contributed by atoms with Crippen LogP contribution in [0.4, 0.5) is 11.4 Å². The molecule has 0 bridgehead atoms. The zero-order valence-corrected chi connectivity index (χ0v) is 8.38. The molecule has 0 atom stereocenters. The van der Waals surface area contributed by atoms with Gasteiger partial charge in [0.25, 0.3) is 0 Å². The molecule has 72 valence electrons. The zero-order chi connectivity index (χ0) is 9.97. The topological polar surface area (TPSA) is 15.3 Å². The van der Waals surface area contributed by atoms with E-state index in [0.29, 0.717) is 6.54 Å². The standard InChI is InChI=1S/C12H14N2/c1-3-7-13-11-4-5-12-10(9-11)6-8-14(12)2/h1,4-5,9,13H,6-8H2,2H3. The third-order valence-electron chi connectivity index (χ3n) is 2.60. The lowest BCUT2D eigenvalue weighted by atomic mass is 10.1. The summed E-state index contributed by atoms with van der Waals surface area (Å²) >= 11 is 0. The average Bonchev–Trinajstić information content (AvgIpc) is 2.57. The Morgan fingerprint density at radius 2 is 2.43 bits per heavy atom. The van der Waals surface area contributed by atoms with Crippen molar-refractivity contribution in [3.63, 3.8) is 0 Å². The number of likely N-dealkylation sites (N-methyl/N-ethyl adjacent to an activating group) is 1. The summed E-state index contributed by atoms with van der Waals surface area (Å²) in [6.07, 6.45) is 6.33. The Bertz CT molecular complexity index is 376. The van der Waals surface area contributed by atoms with Crippen LogP contribution in [0.25, 0.3) is 0 Å². The number of hydrogen-bond acceptors (Lipinski definition) is 2. The van der Waals surface area contributed by atoms with E-state index >= 15 is 0 Å². The first-order chi connectivity index (χ1) is 6.81. The van der Waals surface area contributed by atoms with Crippen LogP contribution in [0.1, 0.15) is 5.56 Å². The van der Waals surface area contributed by atoms with Crippen molar-refractivity contribution in [2.24, 2.45) is 0 Å². The Kier molecular flexibility index (Phi) is 2.32. The minimum absolute atomic E-state index is 0.592. The molecule has 1 aromatic rings. The molecule has 0 saturated heterocycles. The largest absolute Gasteiger partial charge is 0.374 e. The van der Waals surface area contributed by atoms with Crippen molar-refractivity contribution in [3.05, 3.63) is 23.8 Å². The van der Waals surface area contributed by atoms with Gasteiger partial charge in [0, 0.05) is 25.0 Å². The smallest absolute Gasteiger partial charge is 0.0763 e. The van der Waals surface area contributed by atoms with Crippen molar-refractivity contribution >= 4 is 11.4 Å². The molecule has 1 aromatic carbocycles. The highest BCUT2D eigenvalue weighted by molar-refractivity contribution is 5.63. The van der Waals surface area contributed by atoms with Gasteiger partial charge in [-0.3, -0.25) is 0 Å². The molecule has 0 unspecified atom stereocenters. The highest BCUT2D eigenvalue weighted by Crippen LogP contribution is 2.28. The van der Waals surface area contributed by atoms with Crippen LogP contribution in [0.15, 0.2) is 18.2 Å². The van der Waals surface area contributed by atoms with Gasteiger partial charge in [0.2, 0.25) is 0 Å². The fourth-order valence-corrected chi connectivity index (χ4v) is 1.83. The summed E-state index contributed by atoms with van der Waals surface area (Å²) in [6, 6.07) is 6.43. The number of nitrogens with one attached hydrogen (secondary N) is 1. The zero-order valence-electron chi connectivity index (χ0n) is 8.38. The van der Waals surface area contributed by atoms with Gasteiger partial charge < -0.3 is 10.2 Å². The maximum absolute atomic E-state index is 5.19. The molecule has 0 spiro atoms. The second-order valence-electron chi connectivity index (χ2n) is 3.57. The molecule has 2 nitrogen and oxygen atoms in total. The van der Waals surface area contributed by atoms with Crippen LogP contribution in [-0.2, 0) is 6.42 Å². The number of benzene rings is 1. The highest BCUT2D eigenvalue weighted by atomic mass is 15.1. The van der Waals surface area contributed by atoms with Gasteiger partial charge >= 0.3 is 0 Å². The van der Waals surface area contributed by atoms with Gasteiger partial charge in [-0.05, 0) is 30.2 Å². The Morgan fingerprint density at radius 1 is 1.57 bits per heavy atom. The van der Waals surface area contributed by atoms with Crippen LogP contribution in [0.2, 0.25) is 0 Å². The minimum atomic E-state index is 0.592. The van der Waals surface area contributed by atoms with Crippen LogP contribution >= 0.6 is 0 Å². The van der Waals surface area contributed by atoms with Crippen molar-refractivity contribution in [2.75, 3.05) is 30.4 Å². The number of nitrogens with zero attached hydrogens (tertiary/aromatic N) is 1. The van der Waals surface area contributed by atoms with Gasteiger partial charge in [0.05, 0.1) is 6.54 Å². The van der Waals surface area contributed by atoms with E-state index in [1.54, 1.807) is 0 Å². The van der Waals surface area contributed by atoms with E-state index in [2.05, 4.69) is 41.4 Å². The quantitative estimate of drug-likeness (QED) is 0.707. The lowest BCUT2D eigenvalue weighted by Gasteiger charge is -2.12. The molecule has 0 amide bonds. The normalized spacial score (nSPS) is 13.6. The predicted molar refractivity (Wildman–Crippen MR) is 60.7 cm³/mol. The molecule has 0 fully saturated rings. The Labute approximate surface area is 84.9 Å². The molecule has 1 aliphatic rings. The van der Waals surface area contributed by atoms with Gasteiger partial charge in [-0.2, -0.15) is 0 Å². The molecule has 0 aromatic heterocycles. The lowest BCUT2D eigenvalue weighted by Crippen LogP contribution is -2.12. The number of fused-ring (bicyclic) bond motifs is 1. The van der Waals surface area contributed by atoms with Crippen LogP contribution in [0.3, 0.4) is 0 Å². The van der Waals surface area contributed by atoms with E-state index in [1.165, 1.54) is 11.3 Å². The molecule has 14 heavy (non-hydrogen) atoms.